The molecule has 0 bridgehead atoms. The van der Waals surface area contributed by atoms with E-state index in [4.69, 9.17) is 0 Å². The predicted octanol–water partition coefficient (Wildman–Crippen LogP) is -3.86. The van der Waals surface area contributed by atoms with E-state index in [1.54, 1.807) is 4.44 Å². The SMILES string of the molecule is CCCCCCC[CH2][SnH3+2].[Cl-].[Cl-]. The van der Waals surface area contributed by atoms with Gasteiger partial charge in [-0.25, -0.2) is 0 Å². The third-order valence-corrected chi connectivity index (χ3v) is 3.73. The molecule has 0 N–H and O–H groups in total. The second kappa shape index (κ2) is 17.5. The molecule has 0 aliphatic rings. The summed E-state index contributed by atoms with van der Waals surface area (Å²) in [6.45, 7) is 2.27. The van der Waals surface area contributed by atoms with Crippen LogP contribution < -0.4 is 24.8 Å². The number of rotatable bonds is 6. The van der Waals surface area contributed by atoms with E-state index < -0.39 is 0 Å². The molecule has 0 aliphatic heterocycles. The Morgan fingerprint density at radius 3 is 1.73 bits per heavy atom. The van der Waals surface area contributed by atoms with Gasteiger partial charge in [-0.1, -0.05) is 0 Å². The van der Waals surface area contributed by atoms with Gasteiger partial charge < -0.3 is 24.8 Å². The van der Waals surface area contributed by atoms with E-state index >= 15 is 0 Å². The van der Waals surface area contributed by atoms with Gasteiger partial charge in [0, 0.05) is 0 Å². The summed E-state index contributed by atoms with van der Waals surface area (Å²) in [7, 11) is 0. The van der Waals surface area contributed by atoms with Crippen molar-refractivity contribution in [2.45, 2.75) is 49.9 Å². The van der Waals surface area contributed by atoms with Gasteiger partial charge in [-0.15, -0.1) is 0 Å². The smallest absolute Gasteiger partial charge is 1.00 e. The summed E-state index contributed by atoms with van der Waals surface area (Å²) in [6.07, 6.45) is 8.84. The largest absolute Gasteiger partial charge is 1.00 e. The van der Waals surface area contributed by atoms with E-state index in [0.717, 1.165) is 22.5 Å². The van der Waals surface area contributed by atoms with Gasteiger partial charge in [-0.2, -0.15) is 0 Å². The molecule has 0 aromatic carbocycles. The molecular weight excluding hydrogens is 286 g/mol. The Kier molecular flexibility index (Phi) is 28.9. The maximum Gasteiger partial charge on any atom is -1.00 e. The summed E-state index contributed by atoms with van der Waals surface area (Å²) in [5.74, 6) is 0. The molecule has 0 rings (SSSR count). The van der Waals surface area contributed by atoms with Crippen LogP contribution in [-0.2, 0) is 0 Å². The quantitative estimate of drug-likeness (QED) is 0.348. The molecule has 11 heavy (non-hydrogen) atoms. The van der Waals surface area contributed by atoms with Crippen molar-refractivity contribution in [2.24, 2.45) is 0 Å². The molecule has 70 valence electrons. The number of unbranched alkanes of at least 4 members (excludes halogenated alkanes) is 5. The van der Waals surface area contributed by atoms with Crippen molar-refractivity contribution >= 4 is 22.5 Å². The average Bonchev–Trinajstić information content (AvgIpc) is 1.89. The van der Waals surface area contributed by atoms with Crippen LogP contribution in [0.5, 0.6) is 0 Å². The monoisotopic (exact) mass is 306 g/mol. The predicted molar refractivity (Wildman–Crippen MR) is 48.1 cm³/mol. The van der Waals surface area contributed by atoms with E-state index in [2.05, 4.69) is 6.92 Å². The van der Waals surface area contributed by atoms with Gasteiger partial charge in [0.15, 0.2) is 0 Å². The molecule has 3 heteroatoms. The van der Waals surface area contributed by atoms with Crippen molar-refractivity contribution in [3.8, 4) is 0 Å². The summed E-state index contributed by atoms with van der Waals surface area (Å²) >= 11 is 0.970. The van der Waals surface area contributed by atoms with Crippen LogP contribution in [0.25, 0.3) is 0 Å². The maximum absolute atomic E-state index is 2.27. The molecule has 0 unspecified atom stereocenters. The molecule has 2 radical (unpaired) electrons. The molecular formula is C8H20Cl2Sn. The Bertz CT molecular complexity index is 45.4. The molecule has 0 amide bonds. The van der Waals surface area contributed by atoms with Crippen molar-refractivity contribution in [3.05, 3.63) is 0 Å². The molecule has 0 saturated carbocycles. The number of hydrogen-bond acceptors (Lipinski definition) is 0. The topological polar surface area (TPSA) is 0 Å². The van der Waals surface area contributed by atoms with Gasteiger partial charge in [-0.05, 0) is 0 Å². The van der Waals surface area contributed by atoms with Gasteiger partial charge in [0.05, 0.1) is 0 Å². The first kappa shape index (κ1) is 18.2. The van der Waals surface area contributed by atoms with E-state index in [1.165, 1.54) is 38.5 Å². The Morgan fingerprint density at radius 1 is 0.818 bits per heavy atom. The third kappa shape index (κ3) is 18.4. The molecule has 0 saturated heterocycles. The Hall–Kier alpha value is 1.38. The Morgan fingerprint density at radius 2 is 1.27 bits per heavy atom. The summed E-state index contributed by atoms with van der Waals surface area (Å²) in [6, 6.07) is 0. The standard InChI is InChI=1S/C8H17.2ClH.Sn.3H/c1-3-5-7-8-6-4-2;;;;;;/h1,3-8H2,2H3;2*1H;;;;/q;;;+2;;;/p-2. The normalized spacial score (nSPS) is 8.45. The van der Waals surface area contributed by atoms with Crippen molar-refractivity contribution in [1.29, 1.82) is 0 Å². The minimum atomic E-state index is 0. The number of halogens is 2. The van der Waals surface area contributed by atoms with E-state index in [0.29, 0.717) is 0 Å². The first-order valence-electron chi connectivity index (χ1n) is 4.41. The third-order valence-electron chi connectivity index (χ3n) is 1.71. The van der Waals surface area contributed by atoms with Crippen molar-refractivity contribution in [2.75, 3.05) is 0 Å². The van der Waals surface area contributed by atoms with Crippen LogP contribution in [0.15, 0.2) is 0 Å². The Balaban J connectivity index is -0.000000320. The minimum Gasteiger partial charge on any atom is -1.00 e. The zero-order chi connectivity index (χ0) is 6.95. The average molecular weight is 306 g/mol. The van der Waals surface area contributed by atoms with Crippen LogP contribution >= 0.6 is 0 Å². The Labute approximate surface area is 96.8 Å². The van der Waals surface area contributed by atoms with Crippen LogP contribution in [0.3, 0.4) is 0 Å². The fourth-order valence-corrected chi connectivity index (χ4v) is 2.46. The second-order valence-electron chi connectivity index (χ2n) is 2.77. The molecule has 0 spiro atoms. The van der Waals surface area contributed by atoms with Crippen LogP contribution in [-0.4, -0.2) is 22.5 Å². The zero-order valence-corrected chi connectivity index (χ0v) is 14.9. The minimum absolute atomic E-state index is 0. The molecule has 0 fully saturated rings. The van der Waals surface area contributed by atoms with Gasteiger partial charge in [-0.3, -0.25) is 0 Å². The first-order valence-corrected chi connectivity index (χ1v) is 8.45. The van der Waals surface area contributed by atoms with Crippen LogP contribution in [0.2, 0.25) is 4.44 Å². The first-order chi connectivity index (χ1) is 4.41. The van der Waals surface area contributed by atoms with Gasteiger partial charge >= 0.3 is 72.4 Å². The number of hydrogen-bond donors (Lipinski definition) is 0. The summed E-state index contributed by atoms with van der Waals surface area (Å²) in [5.41, 5.74) is 0. The summed E-state index contributed by atoms with van der Waals surface area (Å²) in [5, 5.41) is 0. The molecule has 0 aromatic heterocycles. The summed E-state index contributed by atoms with van der Waals surface area (Å²) < 4.78 is 1.58. The van der Waals surface area contributed by atoms with Crippen molar-refractivity contribution in [3.63, 3.8) is 0 Å². The van der Waals surface area contributed by atoms with Gasteiger partial charge in [0.1, 0.15) is 0 Å². The van der Waals surface area contributed by atoms with E-state index in [9.17, 15) is 0 Å². The van der Waals surface area contributed by atoms with E-state index in [1.807, 2.05) is 0 Å². The molecule has 0 aliphatic carbocycles. The van der Waals surface area contributed by atoms with Crippen molar-refractivity contribution in [1.82, 2.24) is 0 Å². The molecule has 0 aromatic rings. The molecule has 0 heterocycles. The zero-order valence-electron chi connectivity index (χ0n) is 7.71. The van der Waals surface area contributed by atoms with E-state index in [-0.39, 0.29) is 24.8 Å². The van der Waals surface area contributed by atoms with Crippen LogP contribution in [0.4, 0.5) is 0 Å². The van der Waals surface area contributed by atoms with Gasteiger partial charge in [0.2, 0.25) is 0 Å². The molecule has 0 nitrogen and oxygen atoms in total. The molecule has 0 atom stereocenters. The summed E-state index contributed by atoms with van der Waals surface area (Å²) in [4.78, 5) is 0. The fourth-order valence-electron chi connectivity index (χ4n) is 1.03. The van der Waals surface area contributed by atoms with Gasteiger partial charge in [0.25, 0.3) is 0 Å². The maximum atomic E-state index is 2.27. The van der Waals surface area contributed by atoms with Crippen molar-refractivity contribution < 1.29 is 24.8 Å². The fraction of sp³-hybridized carbons (Fsp3) is 1.00. The van der Waals surface area contributed by atoms with Crippen LogP contribution in [0, 0.1) is 0 Å². The van der Waals surface area contributed by atoms with Crippen LogP contribution in [0.1, 0.15) is 45.4 Å². The second-order valence-corrected chi connectivity index (χ2v) is 5.62.